The monoisotopic (exact) mass is 214 g/mol. The van der Waals surface area contributed by atoms with Gasteiger partial charge < -0.3 is 4.74 Å². The number of carbonyl (C=O) groups is 1. The van der Waals surface area contributed by atoms with E-state index in [1.807, 2.05) is 0 Å². The van der Waals surface area contributed by atoms with Crippen LogP contribution >= 0.6 is 0 Å². The van der Waals surface area contributed by atoms with Crippen LogP contribution in [0.15, 0.2) is 10.3 Å². The van der Waals surface area contributed by atoms with Crippen LogP contribution < -0.4 is 5.43 Å². The van der Waals surface area contributed by atoms with Crippen LogP contribution in [0.25, 0.3) is 0 Å². The predicted octanol–water partition coefficient (Wildman–Crippen LogP) is 1.25. The van der Waals surface area contributed by atoms with Crippen LogP contribution in [0.4, 0.5) is 0 Å². The first-order valence-electron chi connectivity index (χ1n) is 5.27. The van der Waals surface area contributed by atoms with E-state index in [1.165, 1.54) is 25.1 Å². The molecule has 1 atom stereocenters. The molecule has 1 heterocycles. The molecule has 0 spiro atoms. The maximum absolute atomic E-state index is 10.9. The first-order valence-corrected chi connectivity index (χ1v) is 5.27. The van der Waals surface area contributed by atoms with E-state index in [0.717, 1.165) is 12.8 Å². The van der Waals surface area contributed by atoms with Crippen molar-refractivity contribution < 1.29 is 9.53 Å². The molecule has 1 unspecified atom stereocenters. The van der Waals surface area contributed by atoms with E-state index >= 15 is 0 Å². The summed E-state index contributed by atoms with van der Waals surface area (Å²) >= 11 is 0. The number of rotatable bonds is 6. The van der Waals surface area contributed by atoms with Gasteiger partial charge >= 0.3 is 5.97 Å². The second-order valence-corrected chi connectivity index (χ2v) is 3.48. The zero-order valence-corrected chi connectivity index (χ0v) is 9.27. The maximum atomic E-state index is 10.9. The van der Waals surface area contributed by atoms with Crippen molar-refractivity contribution in [1.29, 1.82) is 0 Å². The molecule has 6 nitrogen and oxygen atoms in total. The highest BCUT2D eigenvalue weighted by atomic mass is 16.5. The minimum Gasteiger partial charge on any atom is -0.468 e. The molecule has 0 amide bonds. The molecule has 0 bridgehead atoms. The molecule has 0 aromatic carbocycles. The molecule has 0 radical (unpaired) electrons. The van der Waals surface area contributed by atoms with Crippen molar-refractivity contribution >= 4 is 5.97 Å². The molecule has 0 aromatic heterocycles. The summed E-state index contributed by atoms with van der Waals surface area (Å²) in [7, 11) is 1.36. The zero-order valence-electron chi connectivity index (χ0n) is 9.27. The summed E-state index contributed by atoms with van der Waals surface area (Å²) in [6, 6.07) is 0. The van der Waals surface area contributed by atoms with Gasteiger partial charge in [0.15, 0.2) is 6.54 Å². The van der Waals surface area contributed by atoms with Crippen LogP contribution in [-0.2, 0) is 9.53 Å². The Balaban J connectivity index is 2.16. The van der Waals surface area contributed by atoms with Gasteiger partial charge in [-0.25, -0.2) is 0 Å². The van der Waals surface area contributed by atoms with Gasteiger partial charge in [0.1, 0.15) is 6.17 Å². The lowest BCUT2D eigenvalue weighted by Crippen LogP contribution is -2.38. The summed E-state index contributed by atoms with van der Waals surface area (Å²) in [5.74, 6) is -0.323. The highest BCUT2D eigenvalue weighted by Gasteiger charge is 2.19. The summed E-state index contributed by atoms with van der Waals surface area (Å²) in [5, 5.41) is 9.26. The zero-order chi connectivity index (χ0) is 11.1. The third-order valence-electron chi connectivity index (χ3n) is 2.18. The van der Waals surface area contributed by atoms with Crippen LogP contribution in [0.1, 0.15) is 32.6 Å². The third-order valence-corrected chi connectivity index (χ3v) is 2.18. The first kappa shape index (κ1) is 11.9. The highest BCUT2D eigenvalue weighted by molar-refractivity contribution is 5.71. The Hall–Kier alpha value is -1.17. The van der Waals surface area contributed by atoms with Crippen molar-refractivity contribution in [2.75, 3.05) is 13.7 Å². The van der Waals surface area contributed by atoms with Crippen LogP contribution in [0, 0.1) is 0 Å². The molecular weight excluding hydrogens is 196 g/mol. The minimum absolute atomic E-state index is 0.0150. The van der Waals surface area contributed by atoms with Crippen LogP contribution in [0.5, 0.6) is 0 Å². The van der Waals surface area contributed by atoms with Crippen molar-refractivity contribution in [1.82, 2.24) is 10.5 Å². The van der Waals surface area contributed by atoms with Crippen molar-refractivity contribution in [2.24, 2.45) is 10.3 Å². The van der Waals surface area contributed by atoms with Gasteiger partial charge in [0.05, 0.1) is 7.11 Å². The molecular formula is C9H18N4O2. The number of hydrazine groups is 1. The van der Waals surface area contributed by atoms with E-state index in [0.29, 0.717) is 0 Å². The molecule has 1 aliphatic heterocycles. The Bertz CT molecular complexity index is 232. The Labute approximate surface area is 89.6 Å². The summed E-state index contributed by atoms with van der Waals surface area (Å²) < 4.78 is 4.52. The molecule has 0 fully saturated rings. The molecule has 6 heteroatoms. The second-order valence-electron chi connectivity index (χ2n) is 3.48. The summed E-state index contributed by atoms with van der Waals surface area (Å²) in [6.07, 6.45) is 4.48. The number of nitrogens with one attached hydrogen (secondary N) is 1. The number of esters is 1. The highest BCUT2D eigenvalue weighted by Crippen LogP contribution is 2.10. The Kier molecular flexibility index (Phi) is 5.03. The fourth-order valence-electron chi connectivity index (χ4n) is 1.32. The maximum Gasteiger partial charge on any atom is 0.328 e. The lowest BCUT2D eigenvalue weighted by atomic mass is 10.2. The molecule has 0 saturated heterocycles. The first-order chi connectivity index (χ1) is 7.26. The van der Waals surface area contributed by atoms with Crippen LogP contribution in [-0.4, -0.2) is 30.9 Å². The van der Waals surface area contributed by atoms with E-state index in [1.54, 1.807) is 0 Å². The average molecular weight is 214 g/mol. The van der Waals surface area contributed by atoms with E-state index in [9.17, 15) is 4.79 Å². The van der Waals surface area contributed by atoms with Gasteiger partial charge in [-0.1, -0.05) is 25.0 Å². The molecule has 1 aliphatic rings. The SMILES string of the molecule is CCCCCC1N=NN(CC(=O)OC)N1. The largest absolute Gasteiger partial charge is 0.468 e. The number of nitrogens with zero attached hydrogens (tertiary/aromatic N) is 3. The van der Waals surface area contributed by atoms with Gasteiger partial charge in [-0.05, 0) is 12.8 Å². The Morgan fingerprint density at radius 2 is 2.33 bits per heavy atom. The summed E-state index contributed by atoms with van der Waals surface area (Å²) in [6.45, 7) is 2.26. The number of methoxy groups -OCH3 is 1. The van der Waals surface area contributed by atoms with Crippen LogP contribution in [0.2, 0.25) is 0 Å². The third kappa shape index (κ3) is 4.24. The van der Waals surface area contributed by atoms with Crippen molar-refractivity contribution in [2.45, 2.75) is 38.8 Å². The van der Waals surface area contributed by atoms with E-state index < -0.39 is 0 Å². The van der Waals surface area contributed by atoms with Crippen molar-refractivity contribution in [3.63, 3.8) is 0 Å². The molecule has 0 saturated carbocycles. The molecule has 0 aromatic rings. The molecule has 1 rings (SSSR count). The van der Waals surface area contributed by atoms with E-state index in [4.69, 9.17) is 0 Å². The topological polar surface area (TPSA) is 66.3 Å². The molecule has 86 valence electrons. The Morgan fingerprint density at radius 1 is 1.53 bits per heavy atom. The quantitative estimate of drug-likeness (QED) is 0.534. The lowest BCUT2D eigenvalue weighted by Gasteiger charge is -2.13. The van der Waals surface area contributed by atoms with Gasteiger partial charge in [0.25, 0.3) is 0 Å². The average Bonchev–Trinajstić information content (AvgIpc) is 2.66. The molecule has 0 aliphatic carbocycles. The van der Waals surface area contributed by atoms with Gasteiger partial charge in [0.2, 0.25) is 0 Å². The van der Waals surface area contributed by atoms with Gasteiger partial charge in [-0.3, -0.25) is 4.79 Å². The van der Waals surface area contributed by atoms with Crippen LogP contribution in [0.3, 0.4) is 0 Å². The van der Waals surface area contributed by atoms with E-state index in [2.05, 4.69) is 27.4 Å². The fourth-order valence-corrected chi connectivity index (χ4v) is 1.32. The van der Waals surface area contributed by atoms with E-state index in [-0.39, 0.29) is 18.7 Å². The molecule has 15 heavy (non-hydrogen) atoms. The summed E-state index contributed by atoms with van der Waals surface area (Å²) in [5.41, 5.74) is 3.01. The minimum atomic E-state index is -0.323. The van der Waals surface area contributed by atoms with Gasteiger partial charge in [-0.2, -0.15) is 10.5 Å². The lowest BCUT2D eigenvalue weighted by molar-refractivity contribution is -0.142. The predicted molar refractivity (Wildman–Crippen MR) is 54.6 cm³/mol. The summed E-state index contributed by atoms with van der Waals surface area (Å²) in [4.78, 5) is 10.9. The van der Waals surface area contributed by atoms with Gasteiger partial charge in [-0.15, -0.1) is 5.11 Å². The number of unbranched alkanes of at least 4 members (excludes halogenated alkanes) is 2. The number of hydrogen-bond donors (Lipinski definition) is 1. The van der Waals surface area contributed by atoms with Gasteiger partial charge in [0, 0.05) is 0 Å². The smallest absolute Gasteiger partial charge is 0.328 e. The number of ether oxygens (including phenoxy) is 1. The van der Waals surface area contributed by atoms with Crippen molar-refractivity contribution in [3.05, 3.63) is 0 Å². The fraction of sp³-hybridized carbons (Fsp3) is 0.889. The van der Waals surface area contributed by atoms with Crippen molar-refractivity contribution in [3.8, 4) is 0 Å². The standard InChI is InChI=1S/C9H18N4O2/c1-3-4-5-6-8-10-12-13(11-8)7-9(14)15-2/h8,11H,3-7H2,1-2H3. The Morgan fingerprint density at radius 3 is 3.00 bits per heavy atom. The second kappa shape index (κ2) is 6.34. The number of carbonyl (C=O) groups excluding carboxylic acids is 1. The number of hydrogen-bond acceptors (Lipinski definition) is 6. The molecule has 1 N–H and O–H groups in total. The normalized spacial score (nSPS) is 19.6.